The van der Waals surface area contributed by atoms with Crippen molar-refractivity contribution < 1.29 is 88.6 Å². The Balaban J connectivity index is 0.965. The van der Waals surface area contributed by atoms with Crippen LogP contribution in [-0.2, 0) is 42.7 Å². The van der Waals surface area contributed by atoms with Gasteiger partial charge in [0.25, 0.3) is 0 Å². The van der Waals surface area contributed by atoms with Crippen LogP contribution in [0.25, 0.3) is 0 Å². The normalized spacial score (nSPS) is 51.2. The Hall–Kier alpha value is -1.85. The molecule has 25 atom stereocenters. The van der Waals surface area contributed by atoms with Crippen molar-refractivity contribution in [3.8, 4) is 0 Å². The second kappa shape index (κ2) is 19.2. The van der Waals surface area contributed by atoms with Crippen molar-refractivity contribution in [3.63, 3.8) is 0 Å². The maximum absolute atomic E-state index is 12.1. The number of aliphatic hydroxyl groups is 9. The van der Waals surface area contributed by atoms with Gasteiger partial charge >= 0.3 is 5.97 Å². The molecule has 18 heteroatoms. The molecule has 65 heavy (non-hydrogen) atoms. The highest BCUT2D eigenvalue weighted by atomic mass is 16.8. The fourth-order valence-corrected chi connectivity index (χ4v) is 13.4. The minimum atomic E-state index is -1.68. The van der Waals surface area contributed by atoms with Gasteiger partial charge in [-0.3, -0.25) is 4.79 Å². The molecule has 3 saturated heterocycles. The van der Waals surface area contributed by atoms with Crippen LogP contribution in [0.15, 0.2) is 23.0 Å². The maximum Gasteiger partial charge on any atom is 0.303 e. The molecule has 0 radical (unpaired) electrons. The highest BCUT2D eigenvalue weighted by molar-refractivity contribution is 5.66. The van der Waals surface area contributed by atoms with Crippen LogP contribution in [0.4, 0.5) is 0 Å². The third-order valence-corrected chi connectivity index (χ3v) is 17.1. The zero-order valence-corrected chi connectivity index (χ0v) is 38.6. The minimum Gasteiger partial charge on any atom is -0.494 e. The topological polar surface area (TPSA) is 273 Å². The Morgan fingerprint density at radius 2 is 1.52 bits per heavy atom. The quantitative estimate of drug-likeness (QED) is 0.0962. The van der Waals surface area contributed by atoms with E-state index in [0.29, 0.717) is 31.1 Å². The fraction of sp³-hybridized carbons (Fsp3) is 0.894. The molecule has 0 bridgehead atoms. The van der Waals surface area contributed by atoms with Crippen molar-refractivity contribution >= 4 is 5.97 Å². The fourth-order valence-electron chi connectivity index (χ4n) is 13.4. The maximum atomic E-state index is 12.1. The molecule has 0 aromatic carbocycles. The van der Waals surface area contributed by atoms with Gasteiger partial charge in [-0.15, -0.1) is 0 Å². The van der Waals surface area contributed by atoms with Crippen molar-refractivity contribution in [1.29, 1.82) is 0 Å². The molecular formula is C47H74O18. The second-order valence-electron chi connectivity index (χ2n) is 21.1. The number of carbonyl (C=O) groups is 1. The summed E-state index contributed by atoms with van der Waals surface area (Å²) in [5, 5.41) is 95.2. The Morgan fingerprint density at radius 3 is 2.23 bits per heavy atom. The first kappa shape index (κ1) is 49.6. The Bertz CT molecular complexity index is 1760. The van der Waals surface area contributed by atoms with E-state index < -0.39 is 122 Å². The molecule has 0 unspecified atom stereocenters. The van der Waals surface area contributed by atoms with Crippen molar-refractivity contribution in [2.75, 3.05) is 13.2 Å². The molecule has 18 nitrogen and oxygen atoms in total. The van der Waals surface area contributed by atoms with E-state index in [-0.39, 0.29) is 35.9 Å². The highest BCUT2D eigenvalue weighted by Gasteiger charge is 2.65. The first-order valence-corrected chi connectivity index (χ1v) is 23.9. The lowest BCUT2D eigenvalue weighted by molar-refractivity contribution is -0.371. The number of carbonyl (C=O) groups excluding carboxylic acids is 1. The first-order valence-electron chi connectivity index (χ1n) is 23.9. The number of hydrogen-bond acceptors (Lipinski definition) is 18. The predicted molar refractivity (Wildman–Crippen MR) is 226 cm³/mol. The molecule has 8 aliphatic rings. The SMILES string of the molecule is CC(=O)O[C@@H]1[C@H](O)[C@@H](O[C@@H]2O[C@@H](C)[C@H](O)[C@@H](O)[C@H]2O)[C@H](O[C@@H]2C[C@H](O)CC3=CC[C@H]4[C@@H]5C[C@@H]6OC(CC[C@H](C)CO[C@@H]7O[C@H](CO)[C@@H](O)[C@H](O)[C@H]7O)=C(C)[C@@H]6[C@@]5(C)CC[C@@H]4[C@]32C)O[C@@H]1C. The lowest BCUT2D eigenvalue weighted by Crippen LogP contribution is -2.65. The van der Waals surface area contributed by atoms with Gasteiger partial charge < -0.3 is 83.9 Å². The van der Waals surface area contributed by atoms with E-state index in [2.05, 4.69) is 26.8 Å². The molecule has 6 fully saturated rings. The van der Waals surface area contributed by atoms with Gasteiger partial charge in [0.05, 0.1) is 43.4 Å². The number of rotatable bonds is 12. The average molecular weight is 927 g/mol. The minimum absolute atomic E-state index is 0.0193. The van der Waals surface area contributed by atoms with Crippen molar-refractivity contribution in [2.24, 2.45) is 40.4 Å². The van der Waals surface area contributed by atoms with Crippen molar-refractivity contribution in [1.82, 2.24) is 0 Å². The first-order chi connectivity index (χ1) is 30.7. The monoisotopic (exact) mass is 926 g/mol. The van der Waals surface area contributed by atoms with Crippen LogP contribution < -0.4 is 0 Å². The molecule has 4 aliphatic carbocycles. The summed E-state index contributed by atoms with van der Waals surface area (Å²) in [5.41, 5.74) is 1.86. The van der Waals surface area contributed by atoms with Gasteiger partial charge in [0.1, 0.15) is 61.0 Å². The summed E-state index contributed by atoms with van der Waals surface area (Å²) in [6, 6.07) is 0. The zero-order chi connectivity index (χ0) is 47.0. The number of ether oxygens (including phenoxy) is 8. The summed E-state index contributed by atoms with van der Waals surface area (Å²) in [6.07, 6.45) is -12.8. The largest absolute Gasteiger partial charge is 0.494 e. The number of hydrogen-bond donors (Lipinski definition) is 9. The van der Waals surface area contributed by atoms with Crippen LogP contribution >= 0.6 is 0 Å². The Kier molecular flexibility index (Phi) is 14.6. The van der Waals surface area contributed by atoms with Gasteiger partial charge in [-0.25, -0.2) is 0 Å². The lowest BCUT2D eigenvalue weighted by Gasteiger charge is -2.60. The van der Waals surface area contributed by atoms with Gasteiger partial charge in [-0.1, -0.05) is 32.4 Å². The molecule has 9 N–H and O–H groups in total. The smallest absolute Gasteiger partial charge is 0.303 e. The molecule has 0 spiro atoms. The average Bonchev–Trinajstić information content (AvgIpc) is 3.75. The van der Waals surface area contributed by atoms with E-state index in [0.717, 1.165) is 43.4 Å². The predicted octanol–water partition coefficient (Wildman–Crippen LogP) is 0.687. The summed E-state index contributed by atoms with van der Waals surface area (Å²) in [7, 11) is 0. The van der Waals surface area contributed by atoms with Crippen LogP contribution in [0, 0.1) is 40.4 Å². The van der Waals surface area contributed by atoms with Gasteiger partial charge in [0, 0.05) is 31.1 Å². The van der Waals surface area contributed by atoms with E-state index in [1.807, 2.05) is 6.92 Å². The number of aliphatic hydroxyl groups excluding tert-OH is 9. The van der Waals surface area contributed by atoms with E-state index in [9.17, 15) is 50.8 Å². The second-order valence-corrected chi connectivity index (χ2v) is 21.1. The summed E-state index contributed by atoms with van der Waals surface area (Å²) in [5.74, 6) is 1.51. The lowest BCUT2D eigenvalue weighted by atomic mass is 9.46. The number of esters is 1. The van der Waals surface area contributed by atoms with Gasteiger partial charge in [-0.05, 0) is 94.0 Å². The van der Waals surface area contributed by atoms with Crippen LogP contribution in [0.3, 0.4) is 0 Å². The van der Waals surface area contributed by atoms with E-state index in [1.165, 1.54) is 19.4 Å². The Morgan fingerprint density at radius 1 is 0.831 bits per heavy atom. The third kappa shape index (κ3) is 8.88. The standard InChI is InChI=1S/C47H74O18/c1-19(18-58-43-38(55)37(54)35(52)31(17-48)63-43)8-11-29-20(2)33-30(62-29)16-28-26-10-9-24-14-25(50)15-32(47(24,7)27(26)12-13-46(28,33)6)64-45-42(40(57)41(22(4)60-45)61-23(5)49)65-44-39(56)36(53)34(51)21(3)59-44/h9,19,21-22,25-28,30-45,48,50-57H,8,10-18H2,1-7H3/t19-,21-,22+,25+,26+,27-,28-,30-,31+,32+,33-,34-,35+,36+,37-,38+,39+,40-,41-,42+,43+,44-,45-,46-,47-/m0/s1. The van der Waals surface area contributed by atoms with E-state index in [4.69, 9.17) is 37.9 Å². The van der Waals surface area contributed by atoms with E-state index in [1.54, 1.807) is 6.92 Å². The van der Waals surface area contributed by atoms with Crippen LogP contribution in [0.1, 0.15) is 99.8 Å². The summed E-state index contributed by atoms with van der Waals surface area (Å²) in [6.45, 7) is 13.0. The van der Waals surface area contributed by atoms with Gasteiger partial charge in [0.2, 0.25) is 0 Å². The third-order valence-electron chi connectivity index (χ3n) is 17.1. The number of fused-ring (bicyclic) bond motifs is 7. The van der Waals surface area contributed by atoms with Crippen LogP contribution in [-0.4, -0.2) is 176 Å². The molecule has 4 aliphatic heterocycles. The molecule has 0 aromatic heterocycles. The molecular weight excluding hydrogens is 852 g/mol. The summed E-state index contributed by atoms with van der Waals surface area (Å²) >= 11 is 0. The Labute approximate surface area is 380 Å². The highest BCUT2D eigenvalue weighted by Crippen LogP contribution is 2.69. The molecule has 0 aromatic rings. The summed E-state index contributed by atoms with van der Waals surface area (Å²) < 4.78 is 49.0. The van der Waals surface area contributed by atoms with Crippen LogP contribution in [0.2, 0.25) is 0 Å². The van der Waals surface area contributed by atoms with Gasteiger partial charge in [-0.2, -0.15) is 0 Å². The molecule has 4 heterocycles. The molecule has 8 rings (SSSR count). The van der Waals surface area contributed by atoms with Crippen molar-refractivity contribution in [3.05, 3.63) is 23.0 Å². The molecule has 370 valence electrons. The van der Waals surface area contributed by atoms with Crippen molar-refractivity contribution in [2.45, 2.75) is 210 Å². The number of allylic oxidation sites excluding steroid dienone is 2. The van der Waals surface area contributed by atoms with E-state index >= 15 is 0 Å². The van der Waals surface area contributed by atoms with Gasteiger partial charge in [0.15, 0.2) is 25.0 Å². The molecule has 0 amide bonds. The zero-order valence-electron chi connectivity index (χ0n) is 38.6. The summed E-state index contributed by atoms with van der Waals surface area (Å²) in [4.78, 5) is 12.1. The van der Waals surface area contributed by atoms with Crippen LogP contribution in [0.5, 0.6) is 0 Å². The molecule has 3 saturated carbocycles.